The SMILES string of the molecule is CC(C)c1ccc(-c2ccc(Oc3cc(C(=O)NC4CCN(C5CCCC5)CC4)c(F)cc3Cn3cc(F)ccc3=O)cc2F)nn1. The van der Waals surface area contributed by atoms with E-state index in [0.29, 0.717) is 11.7 Å². The molecule has 2 aliphatic rings. The lowest BCUT2D eigenvalue weighted by atomic mass is 10.0. The molecule has 0 spiro atoms. The molecule has 2 aromatic carbocycles. The van der Waals surface area contributed by atoms with E-state index in [1.165, 1.54) is 43.9 Å². The van der Waals surface area contributed by atoms with Gasteiger partial charge in [-0.05, 0) is 74.1 Å². The Morgan fingerprint density at radius 1 is 0.936 bits per heavy atom. The van der Waals surface area contributed by atoms with Crippen molar-refractivity contribution >= 4 is 5.91 Å². The van der Waals surface area contributed by atoms with Crippen molar-refractivity contribution in [2.24, 2.45) is 0 Å². The summed E-state index contributed by atoms with van der Waals surface area (Å²) >= 11 is 0. The molecular weight excluding hydrogens is 607 g/mol. The van der Waals surface area contributed by atoms with E-state index in [4.69, 9.17) is 4.74 Å². The fourth-order valence-electron chi connectivity index (χ4n) is 6.43. The molecule has 2 aromatic heterocycles. The summed E-state index contributed by atoms with van der Waals surface area (Å²) in [5.74, 6) is -2.41. The smallest absolute Gasteiger partial charge is 0.254 e. The number of nitrogens with one attached hydrogen (secondary N) is 1. The second kappa shape index (κ2) is 14.1. The number of carbonyl (C=O) groups is 1. The van der Waals surface area contributed by atoms with Crippen molar-refractivity contribution < 1.29 is 22.7 Å². The molecular formula is C36H38F3N5O3. The number of carbonyl (C=O) groups excluding carboxylic acids is 1. The van der Waals surface area contributed by atoms with Crippen LogP contribution in [0.25, 0.3) is 11.3 Å². The van der Waals surface area contributed by atoms with Crippen molar-refractivity contribution in [1.29, 1.82) is 0 Å². The molecule has 3 heterocycles. The molecule has 11 heteroatoms. The van der Waals surface area contributed by atoms with Gasteiger partial charge >= 0.3 is 0 Å². The van der Waals surface area contributed by atoms with Crippen LogP contribution in [0.5, 0.6) is 11.5 Å². The molecule has 1 aliphatic heterocycles. The second-order valence-corrected chi connectivity index (χ2v) is 12.7. The average molecular weight is 646 g/mol. The number of rotatable bonds is 9. The second-order valence-electron chi connectivity index (χ2n) is 12.7. The molecule has 4 aromatic rings. The van der Waals surface area contributed by atoms with Gasteiger partial charge in [-0.1, -0.05) is 26.7 Å². The molecule has 2 fully saturated rings. The van der Waals surface area contributed by atoms with Crippen LogP contribution in [0.2, 0.25) is 0 Å². The minimum absolute atomic E-state index is 0.0250. The van der Waals surface area contributed by atoms with Gasteiger partial charge in [0, 0.05) is 54.6 Å². The van der Waals surface area contributed by atoms with Crippen molar-refractivity contribution in [3.63, 3.8) is 0 Å². The maximum absolute atomic E-state index is 15.5. The fraction of sp³-hybridized carbons (Fsp3) is 0.389. The molecule has 1 saturated carbocycles. The van der Waals surface area contributed by atoms with Crippen molar-refractivity contribution in [3.05, 3.63) is 105 Å². The van der Waals surface area contributed by atoms with Gasteiger partial charge in [0.15, 0.2) is 0 Å². The van der Waals surface area contributed by atoms with E-state index in [0.717, 1.165) is 66.7 Å². The summed E-state index contributed by atoms with van der Waals surface area (Å²) in [6.07, 6.45) is 7.48. The minimum atomic E-state index is -0.817. The fourth-order valence-corrected chi connectivity index (χ4v) is 6.43. The van der Waals surface area contributed by atoms with Crippen LogP contribution in [0.1, 0.15) is 79.9 Å². The largest absolute Gasteiger partial charge is 0.457 e. The van der Waals surface area contributed by atoms with Crippen LogP contribution >= 0.6 is 0 Å². The van der Waals surface area contributed by atoms with E-state index in [9.17, 15) is 14.0 Å². The highest BCUT2D eigenvalue weighted by atomic mass is 19.1. The van der Waals surface area contributed by atoms with Gasteiger partial charge in [0.2, 0.25) is 0 Å². The maximum Gasteiger partial charge on any atom is 0.254 e. The molecule has 1 saturated heterocycles. The topological polar surface area (TPSA) is 89.4 Å². The first kappa shape index (κ1) is 32.4. The summed E-state index contributed by atoms with van der Waals surface area (Å²) in [5.41, 5.74) is 0.750. The van der Waals surface area contributed by atoms with E-state index in [2.05, 4.69) is 20.4 Å². The predicted molar refractivity (Wildman–Crippen MR) is 172 cm³/mol. The highest BCUT2D eigenvalue weighted by Gasteiger charge is 2.29. The van der Waals surface area contributed by atoms with E-state index in [-0.39, 0.29) is 46.7 Å². The van der Waals surface area contributed by atoms with E-state index in [1.807, 2.05) is 13.8 Å². The van der Waals surface area contributed by atoms with Gasteiger partial charge in [0.25, 0.3) is 11.5 Å². The highest BCUT2D eigenvalue weighted by Crippen LogP contribution is 2.32. The van der Waals surface area contributed by atoms with Crippen LogP contribution in [-0.2, 0) is 6.54 Å². The van der Waals surface area contributed by atoms with Crippen LogP contribution < -0.4 is 15.6 Å². The monoisotopic (exact) mass is 645 g/mol. The van der Waals surface area contributed by atoms with E-state index >= 15 is 8.78 Å². The molecule has 0 unspecified atom stereocenters. The van der Waals surface area contributed by atoms with Crippen LogP contribution in [-0.4, -0.2) is 50.7 Å². The van der Waals surface area contributed by atoms with Crippen molar-refractivity contribution in [1.82, 2.24) is 25.0 Å². The maximum atomic E-state index is 15.5. The molecule has 0 bridgehead atoms. The zero-order valence-corrected chi connectivity index (χ0v) is 26.5. The normalized spacial score (nSPS) is 16.1. The third-order valence-electron chi connectivity index (χ3n) is 9.11. The molecule has 6 rings (SSSR count). The highest BCUT2D eigenvalue weighted by molar-refractivity contribution is 5.95. The van der Waals surface area contributed by atoms with Gasteiger partial charge < -0.3 is 19.5 Å². The molecule has 1 amide bonds. The van der Waals surface area contributed by atoms with Gasteiger partial charge in [-0.3, -0.25) is 9.59 Å². The Hall–Kier alpha value is -4.51. The van der Waals surface area contributed by atoms with Crippen molar-refractivity contribution in [2.75, 3.05) is 13.1 Å². The molecule has 47 heavy (non-hydrogen) atoms. The summed E-state index contributed by atoms with van der Waals surface area (Å²) < 4.78 is 52.0. The third-order valence-corrected chi connectivity index (χ3v) is 9.11. The van der Waals surface area contributed by atoms with Crippen LogP contribution in [0.4, 0.5) is 13.2 Å². The van der Waals surface area contributed by atoms with E-state index < -0.39 is 28.9 Å². The Kier molecular flexibility index (Phi) is 9.72. The first-order chi connectivity index (χ1) is 22.6. The lowest BCUT2D eigenvalue weighted by molar-refractivity contribution is 0.0888. The quantitative estimate of drug-likeness (QED) is 0.215. The Morgan fingerprint density at radius 3 is 2.38 bits per heavy atom. The molecule has 246 valence electrons. The molecule has 1 aliphatic carbocycles. The number of hydrogen-bond donors (Lipinski definition) is 1. The van der Waals surface area contributed by atoms with Crippen LogP contribution in [0.3, 0.4) is 0 Å². The van der Waals surface area contributed by atoms with Crippen LogP contribution in [0, 0.1) is 17.5 Å². The summed E-state index contributed by atoms with van der Waals surface area (Å²) in [6, 6.07) is 12.6. The first-order valence-corrected chi connectivity index (χ1v) is 16.2. The number of hydrogen-bond acceptors (Lipinski definition) is 6. The summed E-state index contributed by atoms with van der Waals surface area (Å²) in [5, 5.41) is 11.3. The van der Waals surface area contributed by atoms with Crippen molar-refractivity contribution in [3.8, 4) is 22.8 Å². The van der Waals surface area contributed by atoms with Gasteiger partial charge in [0.1, 0.15) is 29.0 Å². The number of pyridine rings is 1. The summed E-state index contributed by atoms with van der Waals surface area (Å²) in [7, 11) is 0. The van der Waals surface area contributed by atoms with E-state index in [1.54, 1.807) is 12.1 Å². The molecule has 0 atom stereocenters. The first-order valence-electron chi connectivity index (χ1n) is 16.2. The number of amides is 1. The van der Waals surface area contributed by atoms with Crippen molar-refractivity contribution in [2.45, 2.75) is 76.9 Å². The lowest BCUT2D eigenvalue weighted by Crippen LogP contribution is -2.47. The number of halogens is 3. The third kappa shape index (κ3) is 7.56. The zero-order valence-electron chi connectivity index (χ0n) is 26.5. The number of aromatic nitrogens is 3. The number of likely N-dealkylation sites (tertiary alicyclic amines) is 1. The predicted octanol–water partition coefficient (Wildman–Crippen LogP) is 6.82. The lowest BCUT2D eigenvalue weighted by Gasteiger charge is -2.36. The number of ether oxygens (including phenoxy) is 1. The molecule has 8 nitrogen and oxygen atoms in total. The number of benzene rings is 2. The molecule has 0 radical (unpaired) electrons. The summed E-state index contributed by atoms with van der Waals surface area (Å²) in [6.45, 7) is 5.48. The Morgan fingerprint density at radius 2 is 1.70 bits per heavy atom. The number of nitrogens with zero attached hydrogens (tertiary/aromatic N) is 4. The molecule has 1 N–H and O–H groups in total. The van der Waals surface area contributed by atoms with Crippen LogP contribution in [0.15, 0.2) is 65.6 Å². The number of piperidine rings is 1. The zero-order chi connectivity index (χ0) is 33.1. The van der Waals surface area contributed by atoms with Gasteiger partial charge in [-0.15, -0.1) is 0 Å². The summed E-state index contributed by atoms with van der Waals surface area (Å²) in [4.78, 5) is 28.3. The Labute approximate surface area is 271 Å². The minimum Gasteiger partial charge on any atom is -0.457 e. The van der Waals surface area contributed by atoms with Gasteiger partial charge in [-0.25, -0.2) is 13.2 Å². The Balaban J connectivity index is 1.25. The Bertz CT molecular complexity index is 1800. The van der Waals surface area contributed by atoms with Gasteiger partial charge in [-0.2, -0.15) is 10.2 Å². The average Bonchev–Trinajstić information content (AvgIpc) is 3.60. The van der Waals surface area contributed by atoms with Gasteiger partial charge in [0.05, 0.1) is 23.5 Å². The standard InChI is InChI=1S/C36H38F3N5O3/c1-22(2)32-10-11-33(42-41-32)28-9-8-27(18-31(28)39)47-34-19-29(30(38)17-23(34)20-44-21-24(37)7-12-35(44)45)36(46)40-25-13-15-43(16-14-25)26-5-3-4-6-26/h7-12,17-19,21-22,25-26H,3-6,13-16,20H2,1-2H3,(H,40,46).